The van der Waals surface area contributed by atoms with Gasteiger partial charge in [-0.1, -0.05) is 17.3 Å². The summed E-state index contributed by atoms with van der Waals surface area (Å²) in [6.07, 6.45) is 2.78. The van der Waals surface area contributed by atoms with Gasteiger partial charge in [-0.2, -0.15) is 9.90 Å². The number of H-pyrrole nitrogens is 1. The predicted molar refractivity (Wildman–Crippen MR) is 67.1 cm³/mol. The van der Waals surface area contributed by atoms with Gasteiger partial charge < -0.3 is 5.32 Å². The van der Waals surface area contributed by atoms with Gasteiger partial charge >= 0.3 is 0 Å². The number of hydrogen-bond donors (Lipinski definition) is 2. The minimum absolute atomic E-state index is 0. The number of para-hydroxylation sites is 1. The Morgan fingerprint density at radius 1 is 1.07 bits per heavy atom. The molecule has 2 N–H and O–H groups in total. The number of rotatable bonds is 0. The lowest BCUT2D eigenvalue weighted by molar-refractivity contribution is 0.857. The molecule has 0 saturated carbocycles. The first kappa shape index (κ1) is 12.1. The molecule has 2 heterocycles. The number of benzene rings is 1. The van der Waals surface area contributed by atoms with Crippen molar-refractivity contribution >= 4 is 20.9 Å². The molecule has 4 nitrogen and oxygen atoms in total. The third kappa shape index (κ3) is 3.57. The number of hydrogen-bond acceptors (Lipinski definition) is 3. The van der Waals surface area contributed by atoms with Gasteiger partial charge in [0.2, 0.25) is 0 Å². The molecule has 1 unspecified atom stereocenters. The van der Waals surface area contributed by atoms with E-state index in [-0.39, 0.29) is 9.90 Å². The van der Waals surface area contributed by atoms with Crippen LogP contribution < -0.4 is 5.32 Å². The molecule has 3 rings (SSSR count). The smallest absolute Gasteiger partial charge is 0.112 e. The third-order valence-electron chi connectivity index (χ3n) is 2.19. The molecule has 0 amide bonds. The van der Waals surface area contributed by atoms with E-state index in [4.69, 9.17) is 0 Å². The van der Waals surface area contributed by atoms with E-state index < -0.39 is 0 Å². The highest BCUT2D eigenvalue weighted by molar-refractivity contribution is 6.92. The van der Waals surface area contributed by atoms with Crippen LogP contribution in [0.2, 0.25) is 0 Å². The molecule has 1 aromatic heterocycles. The van der Waals surface area contributed by atoms with Crippen LogP contribution in [0.4, 0.5) is 0 Å². The fourth-order valence-electron chi connectivity index (χ4n) is 1.41. The zero-order valence-electron chi connectivity index (χ0n) is 8.74. The number of nitrogens with zero attached hydrogens (tertiary/aromatic N) is 2. The van der Waals surface area contributed by atoms with E-state index in [1.54, 1.807) is 0 Å². The normalized spacial score (nSPS) is 14.1. The first-order valence-electron chi connectivity index (χ1n) is 4.93. The van der Waals surface area contributed by atoms with Crippen LogP contribution in [0.25, 0.3) is 11.0 Å². The van der Waals surface area contributed by atoms with E-state index in [0.717, 1.165) is 11.0 Å². The highest BCUT2D eigenvalue weighted by Gasteiger charge is 1.93. The molecule has 2 aromatic rings. The van der Waals surface area contributed by atoms with Crippen molar-refractivity contribution in [3.63, 3.8) is 0 Å². The fourth-order valence-corrected chi connectivity index (χ4v) is 1.41. The van der Waals surface area contributed by atoms with Crippen molar-refractivity contribution in [2.24, 2.45) is 0 Å². The van der Waals surface area contributed by atoms with Crippen molar-refractivity contribution in [2.75, 3.05) is 13.1 Å². The molecular weight excluding hydrogens is 207 g/mol. The van der Waals surface area contributed by atoms with E-state index in [1.807, 2.05) is 24.3 Å². The van der Waals surface area contributed by atoms with Gasteiger partial charge in [0.15, 0.2) is 0 Å². The Morgan fingerprint density at radius 3 is 2.40 bits per heavy atom. The van der Waals surface area contributed by atoms with Crippen molar-refractivity contribution in [1.29, 1.82) is 0 Å². The van der Waals surface area contributed by atoms with Gasteiger partial charge in [-0.05, 0) is 38.1 Å². The average Bonchev–Trinajstić information content (AvgIpc) is 2.92. The lowest BCUT2D eigenvalue weighted by Crippen LogP contribution is -2.03. The Hall–Kier alpha value is -0.990. The lowest BCUT2D eigenvalue weighted by Gasteiger charge is -1.79. The van der Waals surface area contributed by atoms with E-state index in [1.165, 1.54) is 25.9 Å². The molecule has 0 radical (unpaired) electrons. The highest BCUT2D eigenvalue weighted by Crippen LogP contribution is 2.03. The lowest BCUT2D eigenvalue weighted by atomic mass is 10.3. The molecule has 0 aliphatic carbocycles. The van der Waals surface area contributed by atoms with Gasteiger partial charge in [0, 0.05) is 0 Å². The second kappa shape index (κ2) is 6.49. The summed E-state index contributed by atoms with van der Waals surface area (Å²) >= 11 is 0. The maximum Gasteiger partial charge on any atom is 0.112 e. The van der Waals surface area contributed by atoms with Gasteiger partial charge in [0.05, 0.1) is 5.52 Å². The molecule has 82 valence electrons. The highest BCUT2D eigenvalue weighted by atomic mass is 31.0. The summed E-state index contributed by atoms with van der Waals surface area (Å²) < 4.78 is 0. The number of nitrogens with one attached hydrogen (secondary N) is 2. The van der Waals surface area contributed by atoms with Gasteiger partial charge in [-0.15, -0.1) is 5.10 Å². The van der Waals surface area contributed by atoms with Crippen LogP contribution in [0.3, 0.4) is 0 Å². The molecule has 1 aliphatic heterocycles. The summed E-state index contributed by atoms with van der Waals surface area (Å²) in [5.74, 6) is 0. The Kier molecular flexibility index (Phi) is 5.22. The molecule has 5 heteroatoms. The van der Waals surface area contributed by atoms with E-state index in [9.17, 15) is 0 Å². The SMILES string of the molecule is C1CCNC1.P.c1ccc2[nH]nnc2c1. The Labute approximate surface area is 92.5 Å². The summed E-state index contributed by atoms with van der Waals surface area (Å²) in [7, 11) is 0. The average molecular weight is 224 g/mol. The van der Waals surface area contributed by atoms with Crippen LogP contribution in [0.1, 0.15) is 12.8 Å². The maximum atomic E-state index is 3.81. The minimum Gasteiger partial charge on any atom is -0.317 e. The zero-order valence-corrected chi connectivity index (χ0v) is 10.2. The number of aromatic amines is 1. The minimum atomic E-state index is 0. The van der Waals surface area contributed by atoms with Crippen molar-refractivity contribution < 1.29 is 0 Å². The molecule has 1 aliphatic rings. The number of fused-ring (bicyclic) bond motifs is 1. The first-order chi connectivity index (χ1) is 6.97. The van der Waals surface area contributed by atoms with E-state index in [0.29, 0.717) is 0 Å². The van der Waals surface area contributed by atoms with Crippen LogP contribution in [0, 0.1) is 0 Å². The van der Waals surface area contributed by atoms with Gasteiger partial charge in [0.25, 0.3) is 0 Å². The third-order valence-corrected chi connectivity index (χ3v) is 2.19. The van der Waals surface area contributed by atoms with Crippen LogP contribution in [0.5, 0.6) is 0 Å². The first-order valence-corrected chi connectivity index (χ1v) is 4.93. The summed E-state index contributed by atoms with van der Waals surface area (Å²) in [5.41, 5.74) is 1.90. The van der Waals surface area contributed by atoms with Crippen LogP contribution in [-0.4, -0.2) is 28.5 Å². The summed E-state index contributed by atoms with van der Waals surface area (Å²) in [5, 5.41) is 13.4. The van der Waals surface area contributed by atoms with Crippen LogP contribution in [-0.2, 0) is 0 Å². The topological polar surface area (TPSA) is 53.6 Å². The second-order valence-electron chi connectivity index (χ2n) is 3.29. The van der Waals surface area contributed by atoms with Crippen molar-refractivity contribution in [3.05, 3.63) is 24.3 Å². The fraction of sp³-hybridized carbons (Fsp3) is 0.400. The van der Waals surface area contributed by atoms with Gasteiger partial charge in [-0.25, -0.2) is 0 Å². The predicted octanol–water partition coefficient (Wildman–Crippen LogP) is 1.39. The monoisotopic (exact) mass is 224 g/mol. The van der Waals surface area contributed by atoms with E-state index in [2.05, 4.69) is 20.7 Å². The molecule has 15 heavy (non-hydrogen) atoms. The molecule has 1 aromatic carbocycles. The van der Waals surface area contributed by atoms with Gasteiger partial charge in [0.1, 0.15) is 5.52 Å². The maximum absolute atomic E-state index is 3.81. The molecule has 0 spiro atoms. The number of aromatic nitrogens is 3. The Morgan fingerprint density at radius 2 is 1.80 bits per heavy atom. The second-order valence-corrected chi connectivity index (χ2v) is 3.29. The molecular formula is C10H17N4P. The molecule has 1 fully saturated rings. The summed E-state index contributed by atoms with van der Waals surface area (Å²) in [4.78, 5) is 0. The van der Waals surface area contributed by atoms with Crippen LogP contribution in [0.15, 0.2) is 24.3 Å². The standard InChI is InChI=1S/C6H5N3.C4H9N.H3P/c1-2-4-6-5(3-1)7-9-8-6;1-2-4-5-3-1;/h1-4H,(H,7,8,9);5H,1-4H2;1H3. The van der Waals surface area contributed by atoms with Crippen LogP contribution >= 0.6 is 9.90 Å². The van der Waals surface area contributed by atoms with Gasteiger partial charge in [-0.3, -0.25) is 5.10 Å². The molecule has 1 atom stereocenters. The Bertz CT molecular complexity index is 346. The Balaban J connectivity index is 0.000000162. The van der Waals surface area contributed by atoms with Crippen molar-refractivity contribution in [1.82, 2.24) is 20.7 Å². The van der Waals surface area contributed by atoms with Crippen molar-refractivity contribution in [3.8, 4) is 0 Å². The zero-order chi connectivity index (χ0) is 9.64. The van der Waals surface area contributed by atoms with Crippen molar-refractivity contribution in [2.45, 2.75) is 12.8 Å². The molecule has 1 saturated heterocycles. The summed E-state index contributed by atoms with van der Waals surface area (Å²) in [6.45, 7) is 2.50. The quantitative estimate of drug-likeness (QED) is 0.665. The summed E-state index contributed by atoms with van der Waals surface area (Å²) in [6, 6.07) is 7.74. The van der Waals surface area contributed by atoms with E-state index >= 15 is 0 Å². The molecule has 0 bridgehead atoms. The largest absolute Gasteiger partial charge is 0.317 e.